The molecular formula is C9H20N2O2. The van der Waals surface area contributed by atoms with E-state index in [0.29, 0.717) is 25.6 Å². The second-order valence-corrected chi connectivity index (χ2v) is 3.21. The van der Waals surface area contributed by atoms with Gasteiger partial charge in [-0.1, -0.05) is 20.3 Å². The number of hydrogen-bond donors (Lipinski definition) is 2. The molecule has 0 bridgehead atoms. The molecule has 0 radical (unpaired) electrons. The van der Waals surface area contributed by atoms with Crippen molar-refractivity contribution in [3.8, 4) is 0 Å². The lowest BCUT2D eigenvalue weighted by molar-refractivity contribution is 0.143. The predicted octanol–water partition coefficient (Wildman–Crippen LogP) is 1.11. The number of carbonyl (C=O) groups excluding carboxylic acids is 1. The molecule has 1 atom stereocenters. The number of unbranched alkanes of at least 4 members (excludes halogenated alkanes) is 1. The van der Waals surface area contributed by atoms with E-state index < -0.39 is 0 Å². The fourth-order valence-electron chi connectivity index (χ4n) is 0.701. The van der Waals surface area contributed by atoms with Crippen LogP contribution in [0.25, 0.3) is 0 Å². The zero-order chi connectivity index (χ0) is 10.1. The van der Waals surface area contributed by atoms with Crippen LogP contribution in [0.4, 0.5) is 4.79 Å². The van der Waals surface area contributed by atoms with Crippen LogP contribution in [-0.2, 0) is 4.74 Å². The lowest BCUT2D eigenvalue weighted by Gasteiger charge is -2.10. The zero-order valence-electron chi connectivity index (χ0n) is 8.51. The standard InChI is InChI=1S/C9H20N2O2/c1-3-4-5-13-9(12)11-7-8(2)6-10/h8H,3-7,10H2,1-2H3,(H,11,12). The summed E-state index contributed by atoms with van der Waals surface area (Å²) in [4.78, 5) is 11.0. The number of ether oxygens (including phenoxy) is 1. The molecule has 4 heteroatoms. The molecular weight excluding hydrogens is 168 g/mol. The first-order valence-electron chi connectivity index (χ1n) is 4.81. The Balaban J connectivity index is 3.30. The Morgan fingerprint density at radius 1 is 1.62 bits per heavy atom. The van der Waals surface area contributed by atoms with Gasteiger partial charge in [-0.2, -0.15) is 0 Å². The molecule has 0 heterocycles. The minimum atomic E-state index is -0.339. The molecule has 0 aromatic carbocycles. The number of alkyl carbamates (subject to hydrolysis) is 1. The van der Waals surface area contributed by atoms with Gasteiger partial charge in [0.2, 0.25) is 0 Å². The highest BCUT2D eigenvalue weighted by atomic mass is 16.5. The Hall–Kier alpha value is -0.770. The highest BCUT2D eigenvalue weighted by Crippen LogP contribution is 1.90. The van der Waals surface area contributed by atoms with E-state index in [4.69, 9.17) is 10.5 Å². The summed E-state index contributed by atoms with van der Waals surface area (Å²) in [5, 5.41) is 2.65. The monoisotopic (exact) mass is 188 g/mol. The van der Waals surface area contributed by atoms with Crippen molar-refractivity contribution in [2.75, 3.05) is 19.7 Å². The van der Waals surface area contributed by atoms with Gasteiger partial charge in [0.15, 0.2) is 0 Å². The molecule has 0 aromatic heterocycles. The minimum absolute atomic E-state index is 0.304. The molecule has 4 nitrogen and oxygen atoms in total. The van der Waals surface area contributed by atoms with Crippen LogP contribution in [-0.4, -0.2) is 25.8 Å². The third-order valence-electron chi connectivity index (χ3n) is 1.73. The van der Waals surface area contributed by atoms with Crippen LogP contribution in [0, 0.1) is 5.92 Å². The summed E-state index contributed by atoms with van der Waals surface area (Å²) in [6.45, 7) is 5.69. The van der Waals surface area contributed by atoms with Crippen molar-refractivity contribution in [3.05, 3.63) is 0 Å². The van der Waals surface area contributed by atoms with Crippen LogP contribution < -0.4 is 11.1 Å². The van der Waals surface area contributed by atoms with E-state index in [0.717, 1.165) is 12.8 Å². The van der Waals surface area contributed by atoms with Gasteiger partial charge in [0.25, 0.3) is 0 Å². The molecule has 78 valence electrons. The van der Waals surface area contributed by atoms with E-state index in [2.05, 4.69) is 12.2 Å². The van der Waals surface area contributed by atoms with Crippen LogP contribution in [0.3, 0.4) is 0 Å². The number of nitrogens with one attached hydrogen (secondary N) is 1. The maximum atomic E-state index is 11.0. The maximum absolute atomic E-state index is 11.0. The normalized spacial score (nSPS) is 12.2. The average molecular weight is 188 g/mol. The summed E-state index contributed by atoms with van der Waals surface area (Å²) >= 11 is 0. The first-order chi connectivity index (χ1) is 6.20. The van der Waals surface area contributed by atoms with Gasteiger partial charge in [-0.05, 0) is 18.9 Å². The molecule has 0 aliphatic carbocycles. The van der Waals surface area contributed by atoms with Crippen molar-refractivity contribution in [1.82, 2.24) is 5.32 Å². The van der Waals surface area contributed by atoms with Crippen molar-refractivity contribution >= 4 is 6.09 Å². The average Bonchev–Trinajstić information content (AvgIpc) is 2.14. The van der Waals surface area contributed by atoms with Crippen molar-refractivity contribution in [2.24, 2.45) is 11.7 Å². The molecule has 1 amide bonds. The van der Waals surface area contributed by atoms with Gasteiger partial charge in [0, 0.05) is 6.54 Å². The molecule has 0 aliphatic rings. The van der Waals surface area contributed by atoms with Gasteiger partial charge >= 0.3 is 6.09 Å². The number of carbonyl (C=O) groups is 1. The summed E-state index contributed by atoms with van der Waals surface area (Å²) in [5.74, 6) is 0.304. The molecule has 0 rings (SSSR count). The van der Waals surface area contributed by atoms with Crippen LogP contribution in [0.2, 0.25) is 0 Å². The van der Waals surface area contributed by atoms with Crippen LogP contribution in [0.1, 0.15) is 26.7 Å². The van der Waals surface area contributed by atoms with Crippen molar-refractivity contribution in [2.45, 2.75) is 26.7 Å². The van der Waals surface area contributed by atoms with Crippen LogP contribution in [0.5, 0.6) is 0 Å². The van der Waals surface area contributed by atoms with Gasteiger partial charge in [-0.15, -0.1) is 0 Å². The first-order valence-corrected chi connectivity index (χ1v) is 4.81. The number of nitrogens with two attached hydrogens (primary N) is 1. The van der Waals surface area contributed by atoms with Gasteiger partial charge in [-0.25, -0.2) is 4.79 Å². The fourth-order valence-corrected chi connectivity index (χ4v) is 0.701. The third kappa shape index (κ3) is 7.59. The van der Waals surface area contributed by atoms with E-state index in [-0.39, 0.29) is 6.09 Å². The molecule has 13 heavy (non-hydrogen) atoms. The Labute approximate surface area is 79.8 Å². The quantitative estimate of drug-likeness (QED) is 0.614. The maximum Gasteiger partial charge on any atom is 0.407 e. The molecule has 0 saturated carbocycles. The molecule has 0 spiro atoms. The molecule has 0 aliphatic heterocycles. The van der Waals surface area contributed by atoms with Gasteiger partial charge in [0.05, 0.1) is 6.61 Å². The second-order valence-electron chi connectivity index (χ2n) is 3.21. The molecule has 3 N–H and O–H groups in total. The number of amides is 1. The summed E-state index contributed by atoms with van der Waals surface area (Å²) in [6, 6.07) is 0. The Morgan fingerprint density at radius 3 is 2.85 bits per heavy atom. The molecule has 0 saturated heterocycles. The lowest BCUT2D eigenvalue weighted by atomic mass is 10.2. The first kappa shape index (κ1) is 12.2. The largest absolute Gasteiger partial charge is 0.450 e. The Kier molecular flexibility index (Phi) is 7.39. The predicted molar refractivity (Wildman–Crippen MR) is 52.5 cm³/mol. The summed E-state index contributed by atoms with van der Waals surface area (Å²) in [6.07, 6.45) is 1.61. The fraction of sp³-hybridized carbons (Fsp3) is 0.889. The summed E-state index contributed by atoms with van der Waals surface area (Å²) < 4.78 is 4.89. The van der Waals surface area contributed by atoms with Crippen molar-refractivity contribution in [3.63, 3.8) is 0 Å². The van der Waals surface area contributed by atoms with Crippen molar-refractivity contribution in [1.29, 1.82) is 0 Å². The minimum Gasteiger partial charge on any atom is -0.450 e. The topological polar surface area (TPSA) is 64.3 Å². The van der Waals surface area contributed by atoms with E-state index in [1.807, 2.05) is 6.92 Å². The SMILES string of the molecule is CCCCOC(=O)NCC(C)CN. The van der Waals surface area contributed by atoms with E-state index in [1.165, 1.54) is 0 Å². The molecule has 0 aromatic rings. The third-order valence-corrected chi connectivity index (χ3v) is 1.73. The lowest BCUT2D eigenvalue weighted by Crippen LogP contribution is -2.31. The smallest absolute Gasteiger partial charge is 0.407 e. The molecule has 1 unspecified atom stereocenters. The second kappa shape index (κ2) is 7.86. The van der Waals surface area contributed by atoms with Crippen LogP contribution in [0.15, 0.2) is 0 Å². The Morgan fingerprint density at radius 2 is 2.31 bits per heavy atom. The van der Waals surface area contributed by atoms with Gasteiger partial charge < -0.3 is 15.8 Å². The van der Waals surface area contributed by atoms with Gasteiger partial charge in [0.1, 0.15) is 0 Å². The highest BCUT2D eigenvalue weighted by molar-refractivity contribution is 5.67. The van der Waals surface area contributed by atoms with E-state index >= 15 is 0 Å². The summed E-state index contributed by atoms with van der Waals surface area (Å²) in [5.41, 5.74) is 5.39. The Bertz CT molecular complexity index is 140. The number of rotatable bonds is 6. The number of hydrogen-bond acceptors (Lipinski definition) is 3. The van der Waals surface area contributed by atoms with Crippen LogP contribution >= 0.6 is 0 Å². The zero-order valence-corrected chi connectivity index (χ0v) is 8.51. The van der Waals surface area contributed by atoms with Gasteiger partial charge in [-0.3, -0.25) is 0 Å². The van der Waals surface area contributed by atoms with E-state index in [1.54, 1.807) is 0 Å². The highest BCUT2D eigenvalue weighted by Gasteiger charge is 2.03. The van der Waals surface area contributed by atoms with Crippen molar-refractivity contribution < 1.29 is 9.53 Å². The van der Waals surface area contributed by atoms with E-state index in [9.17, 15) is 4.79 Å². The molecule has 0 fully saturated rings. The summed E-state index contributed by atoms with van der Waals surface area (Å²) in [7, 11) is 0.